The molecule has 1 saturated heterocycles. The number of aryl methyl sites for hydroxylation is 1. The fourth-order valence-corrected chi connectivity index (χ4v) is 5.50. The fraction of sp³-hybridized carbons (Fsp3) is 0.241. The minimum atomic E-state index is -4.74. The smallest absolute Gasteiger partial charge is 0.497 e. The van der Waals surface area contributed by atoms with Gasteiger partial charge in [-0.1, -0.05) is 36.0 Å². The van der Waals surface area contributed by atoms with Gasteiger partial charge in [-0.3, -0.25) is 0 Å². The maximum atomic E-state index is 12.4. The van der Waals surface area contributed by atoms with Crippen LogP contribution in [-0.4, -0.2) is 51.4 Å². The van der Waals surface area contributed by atoms with Crippen LogP contribution >= 0.6 is 11.8 Å². The van der Waals surface area contributed by atoms with E-state index in [9.17, 15) is 13.2 Å². The van der Waals surface area contributed by atoms with E-state index in [0.717, 1.165) is 45.5 Å². The average Bonchev–Trinajstić information content (AvgIpc) is 3.44. The number of hydrogen-bond acceptors (Lipinski definition) is 7. The third kappa shape index (κ3) is 6.88. The van der Waals surface area contributed by atoms with Gasteiger partial charge in [0.1, 0.15) is 17.8 Å². The van der Waals surface area contributed by atoms with Crippen LogP contribution in [0.4, 0.5) is 18.9 Å². The van der Waals surface area contributed by atoms with Gasteiger partial charge in [0, 0.05) is 23.0 Å². The SMILES string of the molecule is COc1ccc(N2/C(=N/N=C/c3ccc(-c4ncn(-c5ccc(OC(F)(F)F)cc5)n4)cc3)SCCC2C)c(C)c1. The zero-order valence-corrected chi connectivity index (χ0v) is 23.4. The third-order valence-corrected chi connectivity index (χ3v) is 7.40. The lowest BCUT2D eigenvalue weighted by atomic mass is 10.1. The monoisotopic (exact) mass is 580 g/mol. The third-order valence-electron chi connectivity index (χ3n) is 6.42. The molecule has 1 aliphatic heterocycles. The van der Waals surface area contributed by atoms with E-state index in [4.69, 9.17) is 4.74 Å². The first-order chi connectivity index (χ1) is 19.7. The molecule has 0 radical (unpaired) electrons. The molecular formula is C29H27F3N6O2S. The predicted molar refractivity (Wildman–Crippen MR) is 155 cm³/mol. The molecule has 0 bridgehead atoms. The summed E-state index contributed by atoms with van der Waals surface area (Å²) in [6, 6.07) is 19.3. The summed E-state index contributed by atoms with van der Waals surface area (Å²) in [5.74, 6) is 1.96. The molecule has 3 aromatic carbocycles. The first-order valence-corrected chi connectivity index (χ1v) is 13.7. The highest BCUT2D eigenvalue weighted by molar-refractivity contribution is 8.14. The van der Waals surface area contributed by atoms with Crippen LogP contribution in [0.5, 0.6) is 11.5 Å². The van der Waals surface area contributed by atoms with Crippen molar-refractivity contribution in [2.75, 3.05) is 17.8 Å². The van der Waals surface area contributed by atoms with E-state index in [-0.39, 0.29) is 11.8 Å². The summed E-state index contributed by atoms with van der Waals surface area (Å²) < 4.78 is 47.9. The summed E-state index contributed by atoms with van der Waals surface area (Å²) in [4.78, 5) is 6.55. The number of aromatic nitrogens is 3. The molecule has 0 aliphatic carbocycles. The molecule has 1 aromatic heterocycles. The summed E-state index contributed by atoms with van der Waals surface area (Å²) in [7, 11) is 1.66. The van der Waals surface area contributed by atoms with E-state index >= 15 is 0 Å². The van der Waals surface area contributed by atoms with Crippen LogP contribution in [-0.2, 0) is 0 Å². The number of nitrogens with zero attached hydrogens (tertiary/aromatic N) is 6. The molecule has 2 heterocycles. The normalized spacial score (nSPS) is 16.9. The van der Waals surface area contributed by atoms with Gasteiger partial charge >= 0.3 is 6.36 Å². The lowest BCUT2D eigenvalue weighted by molar-refractivity contribution is -0.274. The van der Waals surface area contributed by atoms with Gasteiger partial charge in [0.2, 0.25) is 0 Å². The Balaban J connectivity index is 1.27. The number of ether oxygens (including phenoxy) is 2. The summed E-state index contributed by atoms with van der Waals surface area (Å²) in [6.07, 6.45) is -0.496. The van der Waals surface area contributed by atoms with Crippen molar-refractivity contribution in [2.45, 2.75) is 32.7 Å². The van der Waals surface area contributed by atoms with Crippen molar-refractivity contribution in [1.29, 1.82) is 0 Å². The number of halogens is 3. The Morgan fingerprint density at radius 1 is 1.02 bits per heavy atom. The number of alkyl halides is 3. The number of hydrogen-bond donors (Lipinski definition) is 0. The Labute approximate surface area is 239 Å². The highest BCUT2D eigenvalue weighted by Gasteiger charge is 2.31. The van der Waals surface area contributed by atoms with Gasteiger partial charge in [-0.15, -0.1) is 23.4 Å². The number of amidine groups is 1. The minimum Gasteiger partial charge on any atom is -0.497 e. The van der Waals surface area contributed by atoms with Gasteiger partial charge < -0.3 is 14.4 Å². The van der Waals surface area contributed by atoms with E-state index in [2.05, 4.69) is 49.8 Å². The largest absolute Gasteiger partial charge is 0.573 e. The van der Waals surface area contributed by atoms with E-state index in [1.165, 1.54) is 35.3 Å². The molecule has 0 saturated carbocycles. The van der Waals surface area contributed by atoms with Crippen LogP contribution in [0.3, 0.4) is 0 Å². The van der Waals surface area contributed by atoms with E-state index in [0.29, 0.717) is 11.5 Å². The fourth-order valence-electron chi connectivity index (χ4n) is 4.33. The molecule has 5 rings (SSSR count). The van der Waals surface area contributed by atoms with Gasteiger partial charge in [-0.2, -0.15) is 5.10 Å². The highest BCUT2D eigenvalue weighted by atomic mass is 32.2. The van der Waals surface area contributed by atoms with E-state index in [1.807, 2.05) is 36.4 Å². The summed E-state index contributed by atoms with van der Waals surface area (Å²) in [5.41, 5.74) is 4.38. The zero-order chi connectivity index (χ0) is 29.0. The maximum absolute atomic E-state index is 12.4. The molecule has 1 unspecified atom stereocenters. The predicted octanol–water partition coefficient (Wildman–Crippen LogP) is 6.87. The van der Waals surface area contributed by atoms with Crippen molar-refractivity contribution in [2.24, 2.45) is 10.2 Å². The molecule has 0 N–H and O–H groups in total. The Morgan fingerprint density at radius 2 is 1.76 bits per heavy atom. The Bertz CT molecular complexity index is 1550. The number of methoxy groups -OCH3 is 1. The van der Waals surface area contributed by atoms with Gasteiger partial charge in [0.05, 0.1) is 19.0 Å². The number of anilines is 1. The molecule has 1 fully saturated rings. The second-order valence-electron chi connectivity index (χ2n) is 9.31. The first-order valence-electron chi connectivity index (χ1n) is 12.8. The van der Waals surface area contributed by atoms with Crippen LogP contribution in [0.2, 0.25) is 0 Å². The van der Waals surface area contributed by atoms with Gasteiger partial charge in [0.25, 0.3) is 0 Å². The van der Waals surface area contributed by atoms with Crippen molar-refractivity contribution in [3.8, 4) is 28.6 Å². The molecule has 41 heavy (non-hydrogen) atoms. The van der Waals surface area contributed by atoms with Gasteiger partial charge in [-0.25, -0.2) is 9.67 Å². The molecule has 212 valence electrons. The molecule has 8 nitrogen and oxygen atoms in total. The molecule has 0 amide bonds. The minimum absolute atomic E-state index is 0.287. The van der Waals surface area contributed by atoms with Crippen molar-refractivity contribution in [3.05, 3.63) is 84.2 Å². The summed E-state index contributed by atoms with van der Waals surface area (Å²) >= 11 is 1.68. The van der Waals surface area contributed by atoms with Crippen molar-refractivity contribution in [3.63, 3.8) is 0 Å². The maximum Gasteiger partial charge on any atom is 0.573 e. The zero-order valence-electron chi connectivity index (χ0n) is 22.5. The molecular weight excluding hydrogens is 553 g/mol. The molecule has 1 atom stereocenters. The Kier molecular flexibility index (Phi) is 8.29. The molecule has 1 aliphatic rings. The van der Waals surface area contributed by atoms with E-state index in [1.54, 1.807) is 25.1 Å². The van der Waals surface area contributed by atoms with Gasteiger partial charge in [0.15, 0.2) is 11.0 Å². The quantitative estimate of drug-likeness (QED) is 0.175. The second-order valence-corrected chi connectivity index (χ2v) is 10.4. The van der Waals surface area contributed by atoms with Crippen LogP contribution < -0.4 is 14.4 Å². The first kappa shape index (κ1) is 28.2. The number of benzene rings is 3. The lowest BCUT2D eigenvalue weighted by Crippen LogP contribution is -2.41. The Hall–Kier alpha value is -4.32. The second kappa shape index (κ2) is 12.0. The van der Waals surface area contributed by atoms with Crippen molar-refractivity contribution in [1.82, 2.24) is 14.8 Å². The number of rotatable bonds is 7. The number of thioether (sulfide) groups is 1. The summed E-state index contributed by atoms with van der Waals surface area (Å²) in [6.45, 7) is 4.25. The van der Waals surface area contributed by atoms with E-state index < -0.39 is 6.36 Å². The van der Waals surface area contributed by atoms with Crippen LogP contribution in [0, 0.1) is 6.92 Å². The van der Waals surface area contributed by atoms with Crippen LogP contribution in [0.25, 0.3) is 17.1 Å². The standard InChI is InChI=1S/C29H27F3N6O2S/c1-19-16-25(39-3)12-13-26(19)38-20(2)14-15-41-28(38)35-34-17-21-4-6-22(7-5-21)27-33-18-37(36-27)23-8-10-24(11-9-23)40-29(30,31)32/h4-13,16-18,20H,14-15H2,1-3H3/b34-17+,35-28-. The van der Waals surface area contributed by atoms with Gasteiger partial charge in [-0.05, 0) is 73.9 Å². The van der Waals surface area contributed by atoms with Crippen molar-refractivity contribution >= 4 is 28.8 Å². The molecule has 4 aromatic rings. The molecule has 0 spiro atoms. The highest BCUT2D eigenvalue weighted by Crippen LogP contribution is 2.33. The van der Waals surface area contributed by atoms with Crippen molar-refractivity contribution < 1.29 is 22.6 Å². The average molecular weight is 581 g/mol. The van der Waals surface area contributed by atoms with Crippen LogP contribution in [0.15, 0.2) is 83.3 Å². The summed E-state index contributed by atoms with van der Waals surface area (Å²) in [5, 5.41) is 14.2. The lowest BCUT2D eigenvalue weighted by Gasteiger charge is -2.36. The Morgan fingerprint density at radius 3 is 2.44 bits per heavy atom. The molecule has 12 heteroatoms. The van der Waals surface area contributed by atoms with Crippen LogP contribution in [0.1, 0.15) is 24.5 Å². The topological polar surface area (TPSA) is 77.1 Å².